The summed E-state index contributed by atoms with van der Waals surface area (Å²) < 4.78 is 25.4. The van der Waals surface area contributed by atoms with E-state index in [1.165, 1.54) is 0 Å². The molecule has 0 saturated heterocycles. The van der Waals surface area contributed by atoms with E-state index in [0.717, 1.165) is 35.7 Å². The number of unbranched alkanes of at least 4 members (excludes halogenated alkanes) is 3. The molecule has 4 nitrogen and oxygen atoms in total. The van der Waals surface area contributed by atoms with E-state index in [4.69, 9.17) is 5.11 Å². The standard InChI is InChI=1S/C18H25NO3S/c1-19(2)17-11-7-10-16-15(17)9-8-12-18(16)23(21,22)14-6-4-3-5-13-20/h7-12,20H,3-6,13-14H2,1-2H3. The van der Waals surface area contributed by atoms with E-state index < -0.39 is 9.84 Å². The number of fused-ring (bicyclic) bond motifs is 1. The topological polar surface area (TPSA) is 57.6 Å². The molecule has 0 aliphatic heterocycles. The van der Waals surface area contributed by atoms with Gasteiger partial charge in [-0.1, -0.05) is 37.1 Å². The van der Waals surface area contributed by atoms with Gasteiger partial charge in [-0.3, -0.25) is 0 Å². The van der Waals surface area contributed by atoms with Crippen molar-refractivity contribution in [3.8, 4) is 0 Å². The molecule has 0 amide bonds. The van der Waals surface area contributed by atoms with E-state index in [2.05, 4.69) is 0 Å². The van der Waals surface area contributed by atoms with Crippen LogP contribution in [0.4, 0.5) is 5.69 Å². The predicted molar refractivity (Wildman–Crippen MR) is 95.9 cm³/mol. The van der Waals surface area contributed by atoms with Gasteiger partial charge >= 0.3 is 0 Å². The van der Waals surface area contributed by atoms with Crippen LogP contribution in [-0.2, 0) is 9.84 Å². The number of aliphatic hydroxyl groups is 1. The summed E-state index contributed by atoms with van der Waals surface area (Å²) in [6.45, 7) is 0.170. The molecule has 1 N–H and O–H groups in total. The van der Waals surface area contributed by atoms with Crippen molar-refractivity contribution < 1.29 is 13.5 Å². The lowest BCUT2D eigenvalue weighted by Gasteiger charge is -2.17. The third-order valence-electron chi connectivity index (χ3n) is 4.00. The first-order valence-electron chi connectivity index (χ1n) is 8.00. The lowest BCUT2D eigenvalue weighted by Crippen LogP contribution is -2.10. The number of hydrogen-bond donors (Lipinski definition) is 1. The number of rotatable bonds is 8. The molecule has 2 aromatic rings. The molecule has 0 aliphatic carbocycles. The van der Waals surface area contributed by atoms with Crippen molar-refractivity contribution in [1.29, 1.82) is 0 Å². The summed E-state index contributed by atoms with van der Waals surface area (Å²) in [4.78, 5) is 2.41. The zero-order chi connectivity index (χ0) is 16.9. The number of aliphatic hydroxyl groups excluding tert-OH is 1. The number of sulfone groups is 1. The molecule has 5 heteroatoms. The van der Waals surface area contributed by atoms with Crippen molar-refractivity contribution in [1.82, 2.24) is 0 Å². The average Bonchev–Trinajstić information content (AvgIpc) is 2.53. The fraction of sp³-hybridized carbons (Fsp3) is 0.444. The van der Waals surface area contributed by atoms with Gasteiger partial charge in [0.25, 0.3) is 0 Å². The molecule has 0 heterocycles. The summed E-state index contributed by atoms with van der Waals surface area (Å²) in [5.41, 5.74) is 1.02. The molecule has 126 valence electrons. The van der Waals surface area contributed by atoms with Crippen molar-refractivity contribution in [3.05, 3.63) is 36.4 Å². The highest BCUT2D eigenvalue weighted by Crippen LogP contribution is 2.30. The van der Waals surface area contributed by atoms with Gasteiger partial charge in [0, 0.05) is 37.2 Å². The molecular weight excluding hydrogens is 310 g/mol. The molecule has 0 aliphatic rings. The Labute approximate surface area is 138 Å². The zero-order valence-electron chi connectivity index (χ0n) is 13.8. The van der Waals surface area contributed by atoms with Crippen molar-refractivity contribution >= 4 is 26.3 Å². The third-order valence-corrected chi connectivity index (χ3v) is 5.85. The molecule has 0 spiro atoms. The van der Waals surface area contributed by atoms with Gasteiger partial charge in [0.2, 0.25) is 0 Å². The van der Waals surface area contributed by atoms with Gasteiger partial charge < -0.3 is 10.0 Å². The van der Waals surface area contributed by atoms with E-state index in [9.17, 15) is 8.42 Å². The molecule has 23 heavy (non-hydrogen) atoms. The second-order valence-corrected chi connectivity index (χ2v) is 8.06. The third kappa shape index (κ3) is 4.24. The fourth-order valence-corrected chi connectivity index (χ4v) is 4.40. The van der Waals surface area contributed by atoms with Gasteiger partial charge in [0.05, 0.1) is 10.6 Å². The first-order chi connectivity index (χ1) is 11.0. The Morgan fingerprint density at radius 2 is 1.57 bits per heavy atom. The minimum Gasteiger partial charge on any atom is -0.396 e. The lowest BCUT2D eigenvalue weighted by atomic mass is 10.1. The number of nitrogens with zero attached hydrogens (tertiary/aromatic N) is 1. The Bertz CT molecular complexity index is 754. The van der Waals surface area contributed by atoms with Crippen LogP contribution in [0.25, 0.3) is 10.8 Å². The zero-order valence-corrected chi connectivity index (χ0v) is 14.6. The largest absolute Gasteiger partial charge is 0.396 e. The maximum Gasteiger partial charge on any atom is 0.178 e. The molecule has 2 aromatic carbocycles. The quantitative estimate of drug-likeness (QED) is 0.753. The van der Waals surface area contributed by atoms with Gasteiger partial charge in [-0.2, -0.15) is 0 Å². The highest BCUT2D eigenvalue weighted by molar-refractivity contribution is 7.91. The Hall–Kier alpha value is -1.59. The molecule has 0 saturated carbocycles. The summed E-state index contributed by atoms with van der Waals surface area (Å²) in [5.74, 6) is 0.156. The maximum atomic E-state index is 12.7. The molecule has 0 radical (unpaired) electrons. The van der Waals surface area contributed by atoms with E-state index in [1.807, 2.05) is 49.3 Å². The van der Waals surface area contributed by atoms with Crippen molar-refractivity contribution in [2.24, 2.45) is 0 Å². The van der Waals surface area contributed by atoms with Crippen molar-refractivity contribution in [2.75, 3.05) is 31.4 Å². The van der Waals surface area contributed by atoms with E-state index in [-0.39, 0.29) is 12.4 Å². The fourth-order valence-electron chi connectivity index (χ4n) is 2.79. The van der Waals surface area contributed by atoms with Gasteiger partial charge in [-0.15, -0.1) is 0 Å². The Kier molecular flexibility index (Phi) is 6.02. The highest BCUT2D eigenvalue weighted by Gasteiger charge is 2.18. The molecule has 2 rings (SSSR count). The summed E-state index contributed by atoms with van der Waals surface area (Å²) >= 11 is 0. The molecule has 0 fully saturated rings. The van der Waals surface area contributed by atoms with E-state index in [0.29, 0.717) is 11.3 Å². The maximum absolute atomic E-state index is 12.7. The second kappa shape index (κ2) is 7.79. The Morgan fingerprint density at radius 1 is 0.913 bits per heavy atom. The molecule has 0 aromatic heterocycles. The first-order valence-corrected chi connectivity index (χ1v) is 9.65. The smallest absolute Gasteiger partial charge is 0.178 e. The molecule has 0 bridgehead atoms. The van der Waals surface area contributed by atoms with Crippen LogP contribution in [0.2, 0.25) is 0 Å². The van der Waals surface area contributed by atoms with Gasteiger partial charge in [-0.05, 0) is 25.0 Å². The van der Waals surface area contributed by atoms with Gasteiger partial charge in [-0.25, -0.2) is 8.42 Å². The van der Waals surface area contributed by atoms with Crippen LogP contribution < -0.4 is 4.90 Å². The van der Waals surface area contributed by atoms with Crippen LogP contribution in [0.3, 0.4) is 0 Å². The number of anilines is 1. The summed E-state index contributed by atoms with van der Waals surface area (Å²) in [5, 5.41) is 10.5. The SMILES string of the molecule is CN(C)c1cccc2c(S(=O)(=O)CCCCCCO)cccc12. The van der Waals surface area contributed by atoms with Crippen LogP contribution in [0, 0.1) is 0 Å². The molecule has 0 atom stereocenters. The lowest BCUT2D eigenvalue weighted by molar-refractivity contribution is 0.283. The van der Waals surface area contributed by atoms with Crippen molar-refractivity contribution in [2.45, 2.75) is 30.6 Å². The van der Waals surface area contributed by atoms with E-state index in [1.54, 1.807) is 6.07 Å². The van der Waals surface area contributed by atoms with Crippen LogP contribution >= 0.6 is 0 Å². The van der Waals surface area contributed by atoms with Gasteiger partial charge in [0.15, 0.2) is 9.84 Å². The summed E-state index contributed by atoms with van der Waals surface area (Å²) in [6.07, 6.45) is 3.06. The van der Waals surface area contributed by atoms with Gasteiger partial charge in [0.1, 0.15) is 0 Å². The first kappa shape index (κ1) is 17.8. The normalized spacial score (nSPS) is 11.8. The average molecular weight is 335 g/mol. The number of benzene rings is 2. The van der Waals surface area contributed by atoms with Crippen LogP contribution in [0.1, 0.15) is 25.7 Å². The summed E-state index contributed by atoms with van der Waals surface area (Å²) in [7, 11) is 0.613. The number of hydrogen-bond acceptors (Lipinski definition) is 4. The highest BCUT2D eigenvalue weighted by atomic mass is 32.2. The second-order valence-electron chi connectivity index (χ2n) is 5.98. The Morgan fingerprint density at radius 3 is 2.26 bits per heavy atom. The van der Waals surface area contributed by atoms with Crippen LogP contribution in [0.15, 0.2) is 41.3 Å². The van der Waals surface area contributed by atoms with Crippen molar-refractivity contribution in [3.63, 3.8) is 0 Å². The minimum atomic E-state index is -3.30. The monoisotopic (exact) mass is 335 g/mol. The molecule has 0 unspecified atom stereocenters. The summed E-state index contributed by atoms with van der Waals surface area (Å²) in [6, 6.07) is 11.2. The van der Waals surface area contributed by atoms with Crippen LogP contribution in [-0.4, -0.2) is 40.0 Å². The minimum absolute atomic E-state index is 0.156. The van der Waals surface area contributed by atoms with E-state index >= 15 is 0 Å². The predicted octanol–water partition coefficient (Wildman–Crippen LogP) is 3.23. The Balaban J connectivity index is 2.30. The molecular formula is C18H25NO3S. The van der Waals surface area contributed by atoms with Crippen LogP contribution in [0.5, 0.6) is 0 Å².